The van der Waals surface area contributed by atoms with Crippen LogP contribution < -0.4 is 0 Å². The molecule has 0 amide bonds. The molecule has 1 heterocycles. The van der Waals surface area contributed by atoms with Crippen molar-refractivity contribution in [2.24, 2.45) is 7.05 Å². The molecule has 0 bridgehead atoms. The predicted molar refractivity (Wildman–Crippen MR) is 52.6 cm³/mol. The molecule has 0 saturated carbocycles. The van der Waals surface area contributed by atoms with Gasteiger partial charge in [0.05, 0.1) is 0 Å². The van der Waals surface area contributed by atoms with E-state index < -0.39 is 0 Å². The third-order valence-electron chi connectivity index (χ3n) is 1.39. The SMILES string of the molecule is CCCc1nccn1C.I. The first-order valence-corrected chi connectivity index (χ1v) is 3.30. The first-order valence-electron chi connectivity index (χ1n) is 3.30. The van der Waals surface area contributed by atoms with Gasteiger partial charge in [0.2, 0.25) is 0 Å². The Morgan fingerprint density at radius 2 is 2.30 bits per heavy atom. The summed E-state index contributed by atoms with van der Waals surface area (Å²) in [4.78, 5) is 4.17. The van der Waals surface area contributed by atoms with Crippen molar-refractivity contribution in [2.75, 3.05) is 0 Å². The molecule has 1 rings (SSSR count). The molecule has 0 spiro atoms. The quantitative estimate of drug-likeness (QED) is 0.736. The Kier molecular flexibility index (Phi) is 4.68. The van der Waals surface area contributed by atoms with Crippen LogP contribution in [0.2, 0.25) is 0 Å². The van der Waals surface area contributed by atoms with Gasteiger partial charge in [-0.3, -0.25) is 0 Å². The van der Waals surface area contributed by atoms with E-state index in [0.717, 1.165) is 6.42 Å². The maximum Gasteiger partial charge on any atom is 0.108 e. The number of aromatic nitrogens is 2. The van der Waals surface area contributed by atoms with Gasteiger partial charge in [0.15, 0.2) is 0 Å². The fraction of sp³-hybridized carbons (Fsp3) is 0.571. The summed E-state index contributed by atoms with van der Waals surface area (Å²) in [5.41, 5.74) is 0. The molecule has 10 heavy (non-hydrogen) atoms. The third kappa shape index (κ3) is 2.28. The molecule has 1 aromatic rings. The third-order valence-corrected chi connectivity index (χ3v) is 1.39. The smallest absolute Gasteiger partial charge is 0.108 e. The Morgan fingerprint density at radius 1 is 1.60 bits per heavy atom. The molecule has 0 fully saturated rings. The van der Waals surface area contributed by atoms with Gasteiger partial charge < -0.3 is 4.57 Å². The first kappa shape index (κ1) is 9.94. The molecule has 0 aliphatic rings. The Balaban J connectivity index is 0.000000810. The van der Waals surface area contributed by atoms with Gasteiger partial charge in [0.25, 0.3) is 0 Å². The number of imidazole rings is 1. The van der Waals surface area contributed by atoms with E-state index in [1.807, 2.05) is 19.4 Å². The van der Waals surface area contributed by atoms with Crippen LogP contribution >= 0.6 is 24.0 Å². The Hall–Kier alpha value is -0.0600. The van der Waals surface area contributed by atoms with E-state index in [0.29, 0.717) is 0 Å². The van der Waals surface area contributed by atoms with Gasteiger partial charge >= 0.3 is 0 Å². The molecule has 0 aromatic carbocycles. The van der Waals surface area contributed by atoms with Crippen molar-refractivity contribution in [3.05, 3.63) is 18.2 Å². The largest absolute Gasteiger partial charge is 0.338 e. The maximum absolute atomic E-state index is 4.17. The van der Waals surface area contributed by atoms with E-state index in [2.05, 4.69) is 16.5 Å². The van der Waals surface area contributed by atoms with Crippen LogP contribution in [0.4, 0.5) is 0 Å². The Labute approximate surface area is 78.7 Å². The monoisotopic (exact) mass is 252 g/mol. The summed E-state index contributed by atoms with van der Waals surface area (Å²) >= 11 is 0. The molecule has 58 valence electrons. The molecular formula is C7H13IN2. The second kappa shape index (κ2) is 4.71. The van der Waals surface area contributed by atoms with Crippen LogP contribution in [0.3, 0.4) is 0 Å². The minimum atomic E-state index is 0. The normalized spacial score (nSPS) is 9.00. The molecule has 0 N–H and O–H groups in total. The van der Waals surface area contributed by atoms with Gasteiger partial charge in [-0.25, -0.2) is 4.98 Å². The Morgan fingerprint density at radius 3 is 2.70 bits per heavy atom. The molecule has 0 atom stereocenters. The topological polar surface area (TPSA) is 17.8 Å². The van der Waals surface area contributed by atoms with Gasteiger partial charge in [0, 0.05) is 25.9 Å². The fourth-order valence-corrected chi connectivity index (χ4v) is 0.861. The molecule has 0 radical (unpaired) electrons. The molecule has 1 aromatic heterocycles. The van der Waals surface area contributed by atoms with Gasteiger partial charge in [0.1, 0.15) is 5.82 Å². The zero-order valence-electron chi connectivity index (χ0n) is 6.37. The summed E-state index contributed by atoms with van der Waals surface area (Å²) in [6, 6.07) is 0. The minimum absolute atomic E-state index is 0. The van der Waals surface area contributed by atoms with Crippen LogP contribution in [-0.4, -0.2) is 9.55 Å². The molecule has 0 saturated heterocycles. The second-order valence-corrected chi connectivity index (χ2v) is 2.20. The van der Waals surface area contributed by atoms with Crippen LogP contribution in [0.5, 0.6) is 0 Å². The highest BCUT2D eigenvalue weighted by Gasteiger charge is 1.93. The van der Waals surface area contributed by atoms with Crippen molar-refractivity contribution in [1.29, 1.82) is 0 Å². The number of nitrogens with zero attached hydrogens (tertiary/aromatic N) is 2. The van der Waals surface area contributed by atoms with Crippen molar-refractivity contribution in [2.45, 2.75) is 19.8 Å². The molecule has 3 heteroatoms. The number of rotatable bonds is 2. The van der Waals surface area contributed by atoms with Crippen LogP contribution in [-0.2, 0) is 13.5 Å². The molecule has 0 aliphatic heterocycles. The van der Waals surface area contributed by atoms with E-state index in [1.54, 1.807) is 0 Å². The van der Waals surface area contributed by atoms with E-state index in [4.69, 9.17) is 0 Å². The summed E-state index contributed by atoms with van der Waals surface area (Å²) in [6.45, 7) is 2.16. The van der Waals surface area contributed by atoms with Gasteiger partial charge in [-0.05, 0) is 6.42 Å². The lowest BCUT2D eigenvalue weighted by Crippen LogP contribution is -1.95. The van der Waals surface area contributed by atoms with E-state index >= 15 is 0 Å². The van der Waals surface area contributed by atoms with Crippen LogP contribution in [0.15, 0.2) is 12.4 Å². The summed E-state index contributed by atoms with van der Waals surface area (Å²) in [6.07, 6.45) is 6.07. The number of halogens is 1. The average Bonchev–Trinajstić information content (AvgIpc) is 2.18. The van der Waals surface area contributed by atoms with Crippen LogP contribution in [0.25, 0.3) is 0 Å². The highest BCUT2D eigenvalue weighted by molar-refractivity contribution is 14.0. The summed E-state index contributed by atoms with van der Waals surface area (Å²) in [5, 5.41) is 0. The summed E-state index contributed by atoms with van der Waals surface area (Å²) in [7, 11) is 2.03. The lowest BCUT2D eigenvalue weighted by Gasteiger charge is -1.95. The van der Waals surface area contributed by atoms with Gasteiger partial charge in [-0.15, -0.1) is 24.0 Å². The summed E-state index contributed by atoms with van der Waals surface area (Å²) in [5.74, 6) is 1.18. The van der Waals surface area contributed by atoms with E-state index in [9.17, 15) is 0 Å². The zero-order chi connectivity index (χ0) is 6.69. The average molecular weight is 252 g/mol. The zero-order valence-corrected chi connectivity index (χ0v) is 8.70. The highest BCUT2D eigenvalue weighted by atomic mass is 127. The van der Waals surface area contributed by atoms with Crippen molar-refractivity contribution < 1.29 is 0 Å². The van der Waals surface area contributed by atoms with Crippen LogP contribution in [0, 0.1) is 0 Å². The molecule has 2 nitrogen and oxygen atoms in total. The van der Waals surface area contributed by atoms with Gasteiger partial charge in [-0.1, -0.05) is 6.92 Å². The standard InChI is InChI=1S/C7H12N2.HI/c1-3-4-7-8-5-6-9(7)2;/h5-6H,3-4H2,1-2H3;1H. The maximum atomic E-state index is 4.17. The molecule has 0 unspecified atom stereocenters. The highest BCUT2D eigenvalue weighted by Crippen LogP contribution is 1.96. The molecule has 0 aliphatic carbocycles. The lowest BCUT2D eigenvalue weighted by molar-refractivity contribution is 0.759. The second-order valence-electron chi connectivity index (χ2n) is 2.20. The van der Waals surface area contributed by atoms with Crippen molar-refractivity contribution in [3.63, 3.8) is 0 Å². The predicted octanol–water partition coefficient (Wildman–Crippen LogP) is 1.99. The first-order chi connectivity index (χ1) is 4.34. The number of aryl methyl sites for hydroxylation is 2. The van der Waals surface area contributed by atoms with Crippen molar-refractivity contribution >= 4 is 24.0 Å². The molecular weight excluding hydrogens is 239 g/mol. The van der Waals surface area contributed by atoms with Crippen LogP contribution in [0.1, 0.15) is 19.2 Å². The van der Waals surface area contributed by atoms with Crippen molar-refractivity contribution in [3.8, 4) is 0 Å². The Bertz CT molecular complexity index is 183. The van der Waals surface area contributed by atoms with Gasteiger partial charge in [-0.2, -0.15) is 0 Å². The van der Waals surface area contributed by atoms with Crippen molar-refractivity contribution in [1.82, 2.24) is 9.55 Å². The van der Waals surface area contributed by atoms with E-state index in [1.165, 1.54) is 12.2 Å². The fourth-order valence-electron chi connectivity index (χ4n) is 0.861. The lowest BCUT2D eigenvalue weighted by atomic mass is 10.3. The minimum Gasteiger partial charge on any atom is -0.338 e. The number of hydrogen-bond acceptors (Lipinski definition) is 1. The summed E-state index contributed by atoms with van der Waals surface area (Å²) < 4.78 is 2.06. The van der Waals surface area contributed by atoms with E-state index in [-0.39, 0.29) is 24.0 Å². The number of hydrogen-bond donors (Lipinski definition) is 0.